The first kappa shape index (κ1) is 12.0. The second kappa shape index (κ2) is 3.84. The molecule has 0 aromatic heterocycles. The summed E-state index contributed by atoms with van der Waals surface area (Å²) in [4.78, 5) is 11.6. The summed E-state index contributed by atoms with van der Waals surface area (Å²) in [5.74, 6) is -0.182. The van der Waals surface area contributed by atoms with E-state index in [9.17, 15) is 4.79 Å². The van der Waals surface area contributed by atoms with Crippen molar-refractivity contribution in [3.05, 3.63) is 23.8 Å². The molecule has 0 aromatic carbocycles. The summed E-state index contributed by atoms with van der Waals surface area (Å²) in [6.07, 6.45) is 7.31. The number of esters is 1. The van der Waals surface area contributed by atoms with Gasteiger partial charge in [0.15, 0.2) is 0 Å². The Labute approximate surface area is 92.0 Å². The zero-order valence-corrected chi connectivity index (χ0v) is 10.3. The Morgan fingerprint density at radius 3 is 2.47 bits per heavy atom. The van der Waals surface area contributed by atoms with Crippen molar-refractivity contribution in [2.75, 3.05) is 7.11 Å². The van der Waals surface area contributed by atoms with E-state index in [0.29, 0.717) is 0 Å². The predicted octanol–water partition coefficient (Wildman–Crippen LogP) is 3.10. The summed E-state index contributed by atoms with van der Waals surface area (Å²) in [5, 5.41) is 0. The first-order valence-corrected chi connectivity index (χ1v) is 5.28. The van der Waals surface area contributed by atoms with Gasteiger partial charge in [0.2, 0.25) is 0 Å². The van der Waals surface area contributed by atoms with E-state index in [4.69, 9.17) is 4.74 Å². The molecule has 0 saturated carbocycles. The molecule has 0 aliphatic heterocycles. The van der Waals surface area contributed by atoms with Gasteiger partial charge in [0.1, 0.15) is 0 Å². The average Bonchev–Trinajstić information content (AvgIpc) is 2.15. The van der Waals surface area contributed by atoms with Crippen LogP contribution in [0.15, 0.2) is 23.8 Å². The van der Waals surface area contributed by atoms with Crippen LogP contribution in [0.2, 0.25) is 0 Å². The molecule has 1 aliphatic carbocycles. The molecular weight excluding hydrogens is 188 g/mol. The molecule has 2 heteroatoms. The first-order valence-electron chi connectivity index (χ1n) is 5.28. The molecule has 2 nitrogen and oxygen atoms in total. The Bertz CT molecular complexity index is 319. The van der Waals surface area contributed by atoms with E-state index in [0.717, 1.165) is 12.0 Å². The van der Waals surface area contributed by atoms with Crippen LogP contribution in [-0.2, 0) is 9.53 Å². The zero-order valence-electron chi connectivity index (χ0n) is 10.3. The number of methoxy groups -OCH3 is 1. The van der Waals surface area contributed by atoms with Crippen LogP contribution in [0.3, 0.4) is 0 Å². The third-order valence-corrected chi connectivity index (χ3v) is 2.98. The molecule has 0 bridgehead atoms. The summed E-state index contributed by atoms with van der Waals surface area (Å²) in [6, 6.07) is 0. The molecule has 0 N–H and O–H groups in total. The van der Waals surface area contributed by atoms with Crippen molar-refractivity contribution in [1.29, 1.82) is 0 Å². The van der Waals surface area contributed by atoms with Crippen LogP contribution in [0, 0.1) is 10.8 Å². The maximum absolute atomic E-state index is 11.6. The van der Waals surface area contributed by atoms with Crippen LogP contribution in [-0.4, -0.2) is 13.1 Å². The lowest BCUT2D eigenvalue weighted by Crippen LogP contribution is -2.28. The summed E-state index contributed by atoms with van der Waals surface area (Å²) < 4.78 is 4.81. The molecule has 0 radical (unpaired) electrons. The number of allylic oxidation sites excluding steroid dienone is 3. The van der Waals surface area contributed by atoms with Gasteiger partial charge in [-0.2, -0.15) is 0 Å². The van der Waals surface area contributed by atoms with Gasteiger partial charge >= 0.3 is 5.97 Å². The molecule has 0 amide bonds. The van der Waals surface area contributed by atoms with Crippen LogP contribution in [0.25, 0.3) is 0 Å². The Balaban J connectivity index is 2.89. The smallest absolute Gasteiger partial charge is 0.315 e. The monoisotopic (exact) mass is 208 g/mol. The number of hydrogen-bond donors (Lipinski definition) is 0. The van der Waals surface area contributed by atoms with Crippen molar-refractivity contribution in [2.45, 2.75) is 34.1 Å². The minimum Gasteiger partial charge on any atom is -0.468 e. The topological polar surface area (TPSA) is 26.3 Å². The Hall–Kier alpha value is -1.05. The van der Waals surface area contributed by atoms with E-state index in [2.05, 4.69) is 26.0 Å². The summed E-state index contributed by atoms with van der Waals surface area (Å²) in [5.41, 5.74) is 0.714. The molecule has 0 spiro atoms. The molecular formula is C13H20O2. The van der Waals surface area contributed by atoms with Gasteiger partial charge in [-0.1, -0.05) is 32.1 Å². The second-order valence-electron chi connectivity index (χ2n) is 5.30. The van der Waals surface area contributed by atoms with E-state index in [1.54, 1.807) is 0 Å². The maximum atomic E-state index is 11.6. The normalized spacial score (nSPS) is 19.7. The van der Waals surface area contributed by atoms with Gasteiger partial charge in [0.05, 0.1) is 12.5 Å². The molecule has 1 aliphatic rings. The van der Waals surface area contributed by atoms with Crippen molar-refractivity contribution in [2.24, 2.45) is 10.8 Å². The van der Waals surface area contributed by atoms with E-state index in [1.807, 2.05) is 19.9 Å². The third-order valence-electron chi connectivity index (χ3n) is 2.98. The first-order chi connectivity index (χ1) is 6.79. The molecule has 0 unspecified atom stereocenters. The fourth-order valence-corrected chi connectivity index (χ4v) is 1.66. The lowest BCUT2D eigenvalue weighted by molar-refractivity contribution is -0.148. The van der Waals surface area contributed by atoms with Crippen LogP contribution < -0.4 is 0 Å². The molecule has 0 atom stereocenters. The highest BCUT2D eigenvalue weighted by molar-refractivity contribution is 5.80. The lowest BCUT2D eigenvalue weighted by atomic mass is 9.76. The molecule has 0 heterocycles. The van der Waals surface area contributed by atoms with Crippen molar-refractivity contribution in [1.82, 2.24) is 0 Å². The molecule has 0 aromatic rings. The molecule has 0 fully saturated rings. The zero-order chi connectivity index (χ0) is 11.7. The molecule has 0 saturated heterocycles. The van der Waals surface area contributed by atoms with Gasteiger partial charge in [-0.15, -0.1) is 0 Å². The Kier molecular flexibility index (Phi) is 3.08. The standard InChI is InChI=1S/C13H20O2/c1-12(2)8-6-10(7-9-12)13(3,4)11(14)15-5/h6-8H,9H2,1-5H3. The van der Waals surface area contributed by atoms with Crippen molar-refractivity contribution in [3.8, 4) is 0 Å². The third kappa shape index (κ3) is 2.49. The van der Waals surface area contributed by atoms with Crippen LogP contribution >= 0.6 is 0 Å². The number of carbonyl (C=O) groups is 1. The number of rotatable bonds is 2. The fourth-order valence-electron chi connectivity index (χ4n) is 1.66. The highest BCUT2D eigenvalue weighted by Crippen LogP contribution is 2.36. The largest absolute Gasteiger partial charge is 0.468 e. The predicted molar refractivity (Wildman–Crippen MR) is 61.4 cm³/mol. The van der Waals surface area contributed by atoms with Gasteiger partial charge in [0, 0.05) is 0 Å². The molecule has 1 rings (SSSR count). The highest BCUT2D eigenvalue weighted by Gasteiger charge is 2.33. The average molecular weight is 208 g/mol. The van der Waals surface area contributed by atoms with E-state index in [-0.39, 0.29) is 11.4 Å². The van der Waals surface area contributed by atoms with Crippen LogP contribution in [0.1, 0.15) is 34.1 Å². The summed E-state index contributed by atoms with van der Waals surface area (Å²) in [7, 11) is 1.43. The highest BCUT2D eigenvalue weighted by atomic mass is 16.5. The van der Waals surface area contributed by atoms with Gasteiger partial charge < -0.3 is 4.74 Å². The lowest BCUT2D eigenvalue weighted by Gasteiger charge is -2.29. The number of ether oxygens (including phenoxy) is 1. The quantitative estimate of drug-likeness (QED) is 0.652. The van der Waals surface area contributed by atoms with E-state index in [1.165, 1.54) is 7.11 Å². The van der Waals surface area contributed by atoms with Crippen molar-refractivity contribution in [3.63, 3.8) is 0 Å². The van der Waals surface area contributed by atoms with E-state index < -0.39 is 5.41 Å². The SMILES string of the molecule is COC(=O)C(C)(C)C1=CCC(C)(C)C=C1. The van der Waals surface area contributed by atoms with Gasteiger partial charge in [-0.25, -0.2) is 0 Å². The van der Waals surface area contributed by atoms with Crippen LogP contribution in [0.5, 0.6) is 0 Å². The molecule has 15 heavy (non-hydrogen) atoms. The minimum absolute atomic E-state index is 0.182. The van der Waals surface area contributed by atoms with Gasteiger partial charge in [-0.3, -0.25) is 4.79 Å². The maximum Gasteiger partial charge on any atom is 0.315 e. The fraction of sp³-hybridized carbons (Fsp3) is 0.615. The molecule has 84 valence electrons. The van der Waals surface area contributed by atoms with E-state index >= 15 is 0 Å². The van der Waals surface area contributed by atoms with Crippen molar-refractivity contribution < 1.29 is 9.53 Å². The minimum atomic E-state index is -0.540. The van der Waals surface area contributed by atoms with Crippen molar-refractivity contribution >= 4 is 5.97 Å². The van der Waals surface area contributed by atoms with Gasteiger partial charge in [-0.05, 0) is 31.3 Å². The Morgan fingerprint density at radius 1 is 1.47 bits per heavy atom. The number of hydrogen-bond acceptors (Lipinski definition) is 2. The number of carbonyl (C=O) groups excluding carboxylic acids is 1. The summed E-state index contributed by atoms with van der Waals surface area (Å²) >= 11 is 0. The van der Waals surface area contributed by atoms with Crippen LogP contribution in [0.4, 0.5) is 0 Å². The Morgan fingerprint density at radius 2 is 2.07 bits per heavy atom. The second-order valence-corrected chi connectivity index (χ2v) is 5.30. The summed E-state index contributed by atoms with van der Waals surface area (Å²) in [6.45, 7) is 8.16. The van der Waals surface area contributed by atoms with Gasteiger partial charge in [0.25, 0.3) is 0 Å².